The Morgan fingerprint density at radius 3 is 2.24 bits per heavy atom. The van der Waals surface area contributed by atoms with Crippen molar-refractivity contribution in [3.05, 3.63) is 54.0 Å². The van der Waals surface area contributed by atoms with Crippen LogP contribution in [-0.2, 0) is 0 Å². The van der Waals surface area contributed by atoms with E-state index in [-0.39, 0.29) is 0 Å². The lowest BCUT2D eigenvalue weighted by atomic mass is 10.3. The average molecular weight is 230 g/mol. The van der Waals surface area contributed by atoms with Crippen molar-refractivity contribution in [2.45, 2.75) is 34.6 Å². The van der Waals surface area contributed by atoms with Crippen LogP contribution in [0, 0.1) is 13.8 Å². The SMILES string of the molecule is C=C/C(C)=C\N=C(C)C.Cc1ccc(C)nc1. The van der Waals surface area contributed by atoms with Gasteiger partial charge in [0, 0.05) is 23.8 Å². The van der Waals surface area contributed by atoms with Gasteiger partial charge >= 0.3 is 0 Å². The molecule has 0 aliphatic rings. The van der Waals surface area contributed by atoms with Crippen LogP contribution in [-0.4, -0.2) is 10.7 Å². The summed E-state index contributed by atoms with van der Waals surface area (Å²) in [7, 11) is 0. The number of rotatable bonds is 2. The molecule has 0 aromatic carbocycles. The molecule has 1 heterocycles. The van der Waals surface area contributed by atoms with Gasteiger partial charge in [-0.15, -0.1) is 0 Å². The zero-order valence-corrected chi connectivity index (χ0v) is 11.5. The van der Waals surface area contributed by atoms with Gasteiger partial charge in [-0.05, 0) is 51.8 Å². The second-order valence-electron chi connectivity index (χ2n) is 4.13. The third-order valence-corrected chi connectivity index (χ3v) is 1.91. The first-order valence-corrected chi connectivity index (χ1v) is 5.65. The van der Waals surface area contributed by atoms with E-state index in [1.165, 1.54) is 5.56 Å². The summed E-state index contributed by atoms with van der Waals surface area (Å²) in [5.41, 5.74) is 4.46. The van der Waals surface area contributed by atoms with E-state index in [0.717, 1.165) is 17.0 Å². The minimum absolute atomic E-state index is 1.07. The van der Waals surface area contributed by atoms with Gasteiger partial charge in [-0.25, -0.2) is 0 Å². The Morgan fingerprint density at radius 2 is 1.88 bits per heavy atom. The second-order valence-corrected chi connectivity index (χ2v) is 4.13. The van der Waals surface area contributed by atoms with E-state index < -0.39 is 0 Å². The lowest BCUT2D eigenvalue weighted by Crippen LogP contribution is -1.78. The molecule has 1 rings (SSSR count). The molecule has 0 spiro atoms. The molecule has 1 aromatic heterocycles. The fourth-order valence-electron chi connectivity index (χ4n) is 0.825. The Kier molecular flexibility index (Phi) is 7.61. The van der Waals surface area contributed by atoms with E-state index in [1.807, 2.05) is 53.1 Å². The van der Waals surface area contributed by atoms with Crippen LogP contribution in [0.4, 0.5) is 0 Å². The molecule has 92 valence electrons. The summed E-state index contributed by atoms with van der Waals surface area (Å²) >= 11 is 0. The summed E-state index contributed by atoms with van der Waals surface area (Å²) in [6.07, 6.45) is 5.46. The fraction of sp³-hybridized carbons (Fsp3) is 0.333. The first-order chi connectivity index (χ1) is 7.95. The summed E-state index contributed by atoms with van der Waals surface area (Å²) in [5, 5.41) is 0. The van der Waals surface area contributed by atoms with Crippen molar-refractivity contribution in [2.75, 3.05) is 0 Å². The van der Waals surface area contributed by atoms with E-state index in [9.17, 15) is 0 Å². The van der Waals surface area contributed by atoms with E-state index >= 15 is 0 Å². The van der Waals surface area contributed by atoms with Gasteiger partial charge in [0.1, 0.15) is 0 Å². The van der Waals surface area contributed by atoms with Crippen molar-refractivity contribution in [1.29, 1.82) is 0 Å². The summed E-state index contributed by atoms with van der Waals surface area (Å²) in [5.74, 6) is 0. The first-order valence-electron chi connectivity index (χ1n) is 5.65. The van der Waals surface area contributed by atoms with Crippen molar-refractivity contribution in [3.63, 3.8) is 0 Å². The molecule has 0 atom stereocenters. The normalized spacial score (nSPS) is 10.1. The van der Waals surface area contributed by atoms with Crippen molar-refractivity contribution in [1.82, 2.24) is 4.98 Å². The number of allylic oxidation sites excluding steroid dienone is 2. The minimum atomic E-state index is 1.07. The monoisotopic (exact) mass is 230 g/mol. The van der Waals surface area contributed by atoms with Crippen LogP contribution in [0.2, 0.25) is 0 Å². The number of aryl methyl sites for hydroxylation is 2. The highest BCUT2D eigenvalue weighted by Crippen LogP contribution is 1.94. The van der Waals surface area contributed by atoms with Crippen LogP contribution in [0.5, 0.6) is 0 Å². The zero-order valence-electron chi connectivity index (χ0n) is 11.5. The molecule has 2 heteroatoms. The maximum absolute atomic E-state index is 4.08. The van der Waals surface area contributed by atoms with Crippen LogP contribution < -0.4 is 0 Å². The van der Waals surface area contributed by atoms with E-state index in [2.05, 4.69) is 22.6 Å². The quantitative estimate of drug-likeness (QED) is 0.550. The van der Waals surface area contributed by atoms with Crippen molar-refractivity contribution >= 4 is 5.71 Å². The minimum Gasteiger partial charge on any atom is -0.266 e. The highest BCUT2D eigenvalue weighted by Gasteiger charge is 1.81. The van der Waals surface area contributed by atoms with Crippen LogP contribution in [0.1, 0.15) is 32.0 Å². The topological polar surface area (TPSA) is 25.2 Å². The molecule has 0 aliphatic heterocycles. The predicted octanol–water partition coefficient (Wildman–Crippen LogP) is 4.26. The number of aromatic nitrogens is 1. The molecule has 1 aromatic rings. The van der Waals surface area contributed by atoms with Gasteiger partial charge in [0.15, 0.2) is 0 Å². The van der Waals surface area contributed by atoms with Gasteiger partial charge in [0.05, 0.1) is 0 Å². The predicted molar refractivity (Wildman–Crippen MR) is 76.4 cm³/mol. The van der Waals surface area contributed by atoms with Crippen molar-refractivity contribution in [2.24, 2.45) is 4.99 Å². The molecular weight excluding hydrogens is 208 g/mol. The number of aliphatic imine (C=N–C) groups is 1. The summed E-state index contributed by atoms with van der Waals surface area (Å²) in [6.45, 7) is 13.5. The van der Waals surface area contributed by atoms with Crippen LogP contribution in [0.25, 0.3) is 0 Å². The van der Waals surface area contributed by atoms with E-state index in [4.69, 9.17) is 0 Å². The molecule has 0 N–H and O–H groups in total. The lowest BCUT2D eigenvalue weighted by molar-refractivity contribution is 1.17. The number of nitrogens with zero attached hydrogens (tertiary/aromatic N) is 2. The Labute approximate surface area is 105 Å². The van der Waals surface area contributed by atoms with Gasteiger partial charge in [0.2, 0.25) is 0 Å². The molecule has 0 unspecified atom stereocenters. The van der Waals surface area contributed by atoms with Gasteiger partial charge in [0.25, 0.3) is 0 Å². The largest absolute Gasteiger partial charge is 0.266 e. The van der Waals surface area contributed by atoms with Gasteiger partial charge in [-0.3, -0.25) is 9.98 Å². The number of hydrogen-bond donors (Lipinski definition) is 0. The van der Waals surface area contributed by atoms with Crippen LogP contribution in [0.15, 0.2) is 47.7 Å². The Hall–Kier alpha value is -1.70. The van der Waals surface area contributed by atoms with Gasteiger partial charge < -0.3 is 0 Å². The third kappa shape index (κ3) is 9.24. The first kappa shape index (κ1) is 15.3. The molecule has 0 radical (unpaired) electrons. The molecular formula is C15H22N2. The van der Waals surface area contributed by atoms with Gasteiger partial charge in [-0.2, -0.15) is 0 Å². The molecule has 0 amide bonds. The maximum Gasteiger partial charge on any atom is 0.0372 e. The molecule has 0 saturated carbocycles. The second kappa shape index (κ2) is 8.45. The van der Waals surface area contributed by atoms with Crippen LogP contribution in [0.3, 0.4) is 0 Å². The number of pyridine rings is 1. The highest BCUT2D eigenvalue weighted by molar-refractivity contribution is 5.79. The Balaban J connectivity index is 0.000000302. The van der Waals surface area contributed by atoms with Crippen LogP contribution >= 0.6 is 0 Å². The molecule has 17 heavy (non-hydrogen) atoms. The van der Waals surface area contributed by atoms with Crippen molar-refractivity contribution < 1.29 is 0 Å². The van der Waals surface area contributed by atoms with E-state index in [0.29, 0.717) is 0 Å². The van der Waals surface area contributed by atoms with Crippen molar-refractivity contribution in [3.8, 4) is 0 Å². The van der Waals surface area contributed by atoms with E-state index in [1.54, 1.807) is 6.08 Å². The number of hydrogen-bond acceptors (Lipinski definition) is 2. The highest BCUT2D eigenvalue weighted by atomic mass is 14.7. The average Bonchev–Trinajstić information content (AvgIpc) is 2.30. The smallest absolute Gasteiger partial charge is 0.0372 e. The van der Waals surface area contributed by atoms with Gasteiger partial charge in [-0.1, -0.05) is 18.7 Å². The Bertz CT molecular complexity index is 372. The molecule has 2 nitrogen and oxygen atoms in total. The fourth-order valence-corrected chi connectivity index (χ4v) is 0.825. The maximum atomic E-state index is 4.08. The molecule has 0 aliphatic carbocycles. The summed E-state index contributed by atoms with van der Waals surface area (Å²) in [4.78, 5) is 8.16. The lowest BCUT2D eigenvalue weighted by Gasteiger charge is -1.89. The molecule has 0 fully saturated rings. The standard InChI is InChI=1S/C8H13N.C7H9N/c1-5-8(4)6-9-7(2)3;1-6-3-4-7(2)8-5-6/h5-6H,1H2,2-4H3;3-5H,1-2H3/b8-6-;. The Morgan fingerprint density at radius 1 is 1.24 bits per heavy atom. The summed E-state index contributed by atoms with van der Waals surface area (Å²) in [6, 6.07) is 4.07. The molecule has 0 saturated heterocycles. The third-order valence-electron chi connectivity index (χ3n) is 1.91. The zero-order chi connectivity index (χ0) is 13.3. The summed E-state index contributed by atoms with van der Waals surface area (Å²) < 4.78 is 0. The molecule has 0 bridgehead atoms.